The van der Waals surface area contributed by atoms with Crippen LogP contribution in [0.15, 0.2) is 42.5 Å². The molecule has 0 radical (unpaired) electrons. The quantitative estimate of drug-likeness (QED) is 0.822. The van der Waals surface area contributed by atoms with Crippen LogP contribution < -0.4 is 20.5 Å². The van der Waals surface area contributed by atoms with Crippen molar-refractivity contribution in [3.05, 3.63) is 58.6 Å². The highest BCUT2D eigenvalue weighted by Crippen LogP contribution is 2.38. The number of para-hydroxylation sites is 1. The third-order valence-electron chi connectivity index (χ3n) is 3.50. The van der Waals surface area contributed by atoms with Gasteiger partial charge in [-0.3, -0.25) is 9.59 Å². The van der Waals surface area contributed by atoms with E-state index in [1.54, 1.807) is 42.5 Å². The lowest BCUT2D eigenvalue weighted by atomic mass is 10.1. The number of carbonyl (C=O) groups is 2. The van der Waals surface area contributed by atoms with E-state index < -0.39 is 11.8 Å². The molecule has 7 heteroatoms. The molecule has 0 aromatic heterocycles. The van der Waals surface area contributed by atoms with Crippen LogP contribution in [0.4, 0.5) is 5.69 Å². The van der Waals surface area contributed by atoms with Gasteiger partial charge in [0.15, 0.2) is 11.5 Å². The van der Waals surface area contributed by atoms with E-state index in [9.17, 15) is 9.59 Å². The van der Waals surface area contributed by atoms with Crippen LogP contribution in [-0.4, -0.2) is 25.0 Å². The van der Waals surface area contributed by atoms with Gasteiger partial charge in [-0.25, -0.2) is 0 Å². The highest BCUT2D eigenvalue weighted by Gasteiger charge is 2.16. The van der Waals surface area contributed by atoms with Gasteiger partial charge in [0.25, 0.3) is 5.91 Å². The third kappa shape index (κ3) is 3.92. The second-order valence-corrected chi connectivity index (χ2v) is 5.67. The molecule has 0 aliphatic carbocycles. The molecule has 1 heterocycles. The Morgan fingerprint density at radius 3 is 2.72 bits per heavy atom. The molecule has 1 aliphatic heterocycles. The van der Waals surface area contributed by atoms with Crippen molar-refractivity contribution in [2.75, 3.05) is 18.5 Å². The normalized spacial score (nSPS) is 12.8. The van der Waals surface area contributed by atoms with Gasteiger partial charge in [0.05, 0.1) is 16.3 Å². The van der Waals surface area contributed by atoms with Crippen LogP contribution in [0.1, 0.15) is 15.9 Å². The van der Waals surface area contributed by atoms with Gasteiger partial charge in [0.2, 0.25) is 5.91 Å². The Morgan fingerprint density at radius 2 is 1.92 bits per heavy atom. The number of carbonyl (C=O) groups excluding carboxylic acids is 2. The van der Waals surface area contributed by atoms with Crippen LogP contribution in [0, 0.1) is 0 Å². The number of anilines is 1. The molecule has 0 unspecified atom stereocenters. The average molecular weight is 359 g/mol. The van der Waals surface area contributed by atoms with E-state index >= 15 is 0 Å². The van der Waals surface area contributed by atoms with E-state index in [0.717, 1.165) is 0 Å². The van der Waals surface area contributed by atoms with Crippen molar-refractivity contribution in [3.8, 4) is 11.5 Å². The Balaban J connectivity index is 1.75. The standard InChI is InChI=1S/C18H15ClN2O4/c19-13-9-11(10-15-17(13)25-8-7-24-15)5-6-16(22)21-14-4-2-1-3-12(14)18(20)23/h1-6,9-10H,7-8H2,(H2,20,23)(H,21,22). The van der Waals surface area contributed by atoms with Crippen LogP contribution in [-0.2, 0) is 4.79 Å². The zero-order chi connectivity index (χ0) is 17.8. The number of fused-ring (bicyclic) bond motifs is 1. The van der Waals surface area contributed by atoms with Crippen molar-refractivity contribution >= 4 is 35.2 Å². The predicted molar refractivity (Wildman–Crippen MR) is 95.1 cm³/mol. The van der Waals surface area contributed by atoms with Gasteiger partial charge in [-0.1, -0.05) is 23.7 Å². The molecule has 1 aliphatic rings. The van der Waals surface area contributed by atoms with Crippen LogP contribution in [0.2, 0.25) is 5.02 Å². The lowest BCUT2D eigenvalue weighted by molar-refractivity contribution is -0.111. The fourth-order valence-electron chi connectivity index (χ4n) is 2.38. The first kappa shape index (κ1) is 16.9. The monoisotopic (exact) mass is 358 g/mol. The molecule has 128 valence electrons. The van der Waals surface area contributed by atoms with Crippen molar-refractivity contribution < 1.29 is 19.1 Å². The van der Waals surface area contributed by atoms with Gasteiger partial charge in [-0.2, -0.15) is 0 Å². The number of rotatable bonds is 4. The number of nitrogens with one attached hydrogen (secondary N) is 1. The summed E-state index contributed by atoms with van der Waals surface area (Å²) in [7, 11) is 0. The first-order valence-electron chi connectivity index (χ1n) is 7.51. The first-order valence-corrected chi connectivity index (χ1v) is 7.89. The summed E-state index contributed by atoms with van der Waals surface area (Å²) < 4.78 is 10.9. The summed E-state index contributed by atoms with van der Waals surface area (Å²) in [5, 5.41) is 3.04. The zero-order valence-electron chi connectivity index (χ0n) is 13.1. The molecular formula is C18H15ClN2O4. The second kappa shape index (κ2) is 7.27. The summed E-state index contributed by atoms with van der Waals surface area (Å²) in [6, 6.07) is 9.93. The lowest BCUT2D eigenvalue weighted by Crippen LogP contribution is -2.16. The van der Waals surface area contributed by atoms with Crippen molar-refractivity contribution in [1.29, 1.82) is 0 Å². The van der Waals surface area contributed by atoms with E-state index in [2.05, 4.69) is 5.32 Å². The topological polar surface area (TPSA) is 90.7 Å². The number of primary amides is 1. The van der Waals surface area contributed by atoms with Gasteiger partial charge < -0.3 is 20.5 Å². The molecule has 0 saturated carbocycles. The minimum Gasteiger partial charge on any atom is -0.486 e. The Hall–Kier alpha value is -2.99. The Kier molecular flexibility index (Phi) is 4.90. The van der Waals surface area contributed by atoms with E-state index in [1.165, 1.54) is 6.08 Å². The molecule has 2 aromatic rings. The van der Waals surface area contributed by atoms with Gasteiger partial charge in [0.1, 0.15) is 13.2 Å². The molecule has 0 fully saturated rings. The lowest BCUT2D eigenvalue weighted by Gasteiger charge is -2.19. The molecule has 2 aromatic carbocycles. The third-order valence-corrected chi connectivity index (χ3v) is 3.78. The SMILES string of the molecule is NC(=O)c1ccccc1NC(=O)C=Cc1cc(Cl)c2c(c1)OCCO2. The molecule has 3 rings (SSSR count). The minimum absolute atomic E-state index is 0.242. The van der Waals surface area contributed by atoms with Gasteiger partial charge in [-0.15, -0.1) is 0 Å². The summed E-state index contributed by atoms with van der Waals surface area (Å²) >= 11 is 6.16. The number of hydrogen-bond acceptors (Lipinski definition) is 4. The predicted octanol–water partition coefficient (Wildman–Crippen LogP) is 2.86. The fraction of sp³-hybridized carbons (Fsp3) is 0.111. The summed E-state index contributed by atoms with van der Waals surface area (Å²) in [4.78, 5) is 23.5. The highest BCUT2D eigenvalue weighted by molar-refractivity contribution is 6.32. The first-order chi connectivity index (χ1) is 12.0. The molecule has 0 spiro atoms. The summed E-state index contributed by atoms with van der Waals surface area (Å²) in [5.74, 6) is 0.0287. The maximum atomic E-state index is 12.1. The van der Waals surface area contributed by atoms with Crippen molar-refractivity contribution in [2.45, 2.75) is 0 Å². The highest BCUT2D eigenvalue weighted by atomic mass is 35.5. The summed E-state index contributed by atoms with van der Waals surface area (Å²) in [6.07, 6.45) is 2.92. The summed E-state index contributed by atoms with van der Waals surface area (Å²) in [5.41, 5.74) is 6.57. The van der Waals surface area contributed by atoms with E-state index in [0.29, 0.717) is 41.0 Å². The Bertz CT molecular complexity index is 864. The van der Waals surface area contributed by atoms with Gasteiger partial charge in [-0.05, 0) is 35.9 Å². The molecule has 0 atom stereocenters. The number of hydrogen-bond donors (Lipinski definition) is 2. The van der Waals surface area contributed by atoms with E-state index in [1.807, 2.05) is 0 Å². The number of amides is 2. The smallest absolute Gasteiger partial charge is 0.250 e. The number of halogens is 1. The number of nitrogens with two attached hydrogens (primary N) is 1. The molecule has 0 saturated heterocycles. The van der Waals surface area contributed by atoms with Crippen LogP contribution in [0.3, 0.4) is 0 Å². The van der Waals surface area contributed by atoms with Gasteiger partial charge in [0, 0.05) is 6.08 Å². The van der Waals surface area contributed by atoms with Crippen LogP contribution in [0.5, 0.6) is 11.5 Å². The van der Waals surface area contributed by atoms with Crippen molar-refractivity contribution in [1.82, 2.24) is 0 Å². The summed E-state index contributed by atoms with van der Waals surface area (Å²) in [6.45, 7) is 0.893. The largest absolute Gasteiger partial charge is 0.486 e. The fourth-order valence-corrected chi connectivity index (χ4v) is 2.65. The number of ether oxygens (including phenoxy) is 2. The second-order valence-electron chi connectivity index (χ2n) is 5.26. The number of benzene rings is 2. The molecule has 6 nitrogen and oxygen atoms in total. The Morgan fingerprint density at radius 1 is 1.16 bits per heavy atom. The molecule has 0 bridgehead atoms. The van der Waals surface area contributed by atoms with Crippen molar-refractivity contribution in [3.63, 3.8) is 0 Å². The maximum absolute atomic E-state index is 12.1. The molecule has 2 amide bonds. The van der Waals surface area contributed by atoms with Crippen molar-refractivity contribution in [2.24, 2.45) is 5.73 Å². The minimum atomic E-state index is -0.613. The average Bonchev–Trinajstić information content (AvgIpc) is 2.60. The van der Waals surface area contributed by atoms with E-state index in [4.69, 9.17) is 26.8 Å². The molecule has 25 heavy (non-hydrogen) atoms. The molecule has 3 N–H and O–H groups in total. The maximum Gasteiger partial charge on any atom is 0.250 e. The van der Waals surface area contributed by atoms with Crippen LogP contribution in [0.25, 0.3) is 6.08 Å². The van der Waals surface area contributed by atoms with Gasteiger partial charge >= 0.3 is 0 Å². The van der Waals surface area contributed by atoms with Crippen LogP contribution >= 0.6 is 11.6 Å². The Labute approximate surface area is 149 Å². The zero-order valence-corrected chi connectivity index (χ0v) is 13.9. The molecular weight excluding hydrogens is 344 g/mol. The van der Waals surface area contributed by atoms with E-state index in [-0.39, 0.29) is 5.56 Å².